The average Bonchev–Trinajstić information content (AvgIpc) is 2.55. The van der Waals surface area contributed by atoms with E-state index in [1.807, 2.05) is 6.92 Å². The lowest BCUT2D eigenvalue weighted by molar-refractivity contribution is 0.0527. The van der Waals surface area contributed by atoms with E-state index in [0.717, 1.165) is 0 Å². The van der Waals surface area contributed by atoms with Crippen molar-refractivity contribution in [2.75, 3.05) is 13.2 Å². The molecule has 0 aliphatic carbocycles. The van der Waals surface area contributed by atoms with Crippen LogP contribution in [0.4, 0.5) is 0 Å². The fourth-order valence-electron chi connectivity index (χ4n) is 2.35. The molecule has 0 radical (unpaired) electrons. The van der Waals surface area contributed by atoms with Crippen molar-refractivity contribution in [3.63, 3.8) is 0 Å². The Hall–Kier alpha value is -2.82. The molecule has 0 saturated carbocycles. The maximum absolute atomic E-state index is 12.2. The largest absolute Gasteiger partial charge is 0.493 e. The van der Waals surface area contributed by atoms with E-state index in [1.165, 1.54) is 12.1 Å². The van der Waals surface area contributed by atoms with Crippen molar-refractivity contribution in [1.29, 1.82) is 0 Å². The summed E-state index contributed by atoms with van der Waals surface area (Å²) in [7, 11) is 0. The molecule has 0 heterocycles. The van der Waals surface area contributed by atoms with Crippen LogP contribution in [0.1, 0.15) is 34.6 Å². The SMILES string of the molecule is CCOC(=O)c1cccc(C(=O)O)c1-c1ccccc1OCC. The molecule has 2 aromatic rings. The Morgan fingerprint density at radius 1 is 0.957 bits per heavy atom. The van der Waals surface area contributed by atoms with Gasteiger partial charge in [0.2, 0.25) is 0 Å². The molecule has 0 amide bonds. The van der Waals surface area contributed by atoms with Crippen molar-refractivity contribution < 1.29 is 24.2 Å². The highest BCUT2D eigenvalue weighted by atomic mass is 16.5. The van der Waals surface area contributed by atoms with E-state index >= 15 is 0 Å². The van der Waals surface area contributed by atoms with Gasteiger partial charge in [-0.1, -0.05) is 24.3 Å². The second-order valence-corrected chi connectivity index (χ2v) is 4.68. The van der Waals surface area contributed by atoms with Gasteiger partial charge in [0.05, 0.1) is 24.3 Å². The Morgan fingerprint density at radius 2 is 1.65 bits per heavy atom. The first-order chi connectivity index (χ1) is 11.1. The van der Waals surface area contributed by atoms with Crippen molar-refractivity contribution >= 4 is 11.9 Å². The van der Waals surface area contributed by atoms with Crippen LogP contribution in [0.25, 0.3) is 11.1 Å². The molecule has 0 fully saturated rings. The van der Waals surface area contributed by atoms with E-state index in [4.69, 9.17) is 9.47 Å². The summed E-state index contributed by atoms with van der Waals surface area (Å²) in [6.07, 6.45) is 0. The number of benzene rings is 2. The number of carboxylic acid groups (broad SMARTS) is 1. The molecule has 0 aromatic heterocycles. The molecule has 0 bridgehead atoms. The lowest BCUT2D eigenvalue weighted by Crippen LogP contribution is -2.11. The van der Waals surface area contributed by atoms with Gasteiger partial charge in [-0.15, -0.1) is 0 Å². The van der Waals surface area contributed by atoms with Crippen molar-refractivity contribution in [3.05, 3.63) is 53.6 Å². The van der Waals surface area contributed by atoms with Gasteiger partial charge in [0.1, 0.15) is 5.75 Å². The lowest BCUT2D eigenvalue weighted by atomic mass is 9.93. The first-order valence-electron chi connectivity index (χ1n) is 7.35. The van der Waals surface area contributed by atoms with Gasteiger partial charge in [0, 0.05) is 11.1 Å². The predicted molar refractivity (Wildman–Crippen MR) is 86.0 cm³/mol. The fraction of sp³-hybridized carbons (Fsp3) is 0.222. The Morgan fingerprint density at radius 3 is 2.30 bits per heavy atom. The normalized spacial score (nSPS) is 10.2. The number of para-hydroxylation sites is 1. The van der Waals surface area contributed by atoms with E-state index < -0.39 is 11.9 Å². The first-order valence-corrected chi connectivity index (χ1v) is 7.35. The summed E-state index contributed by atoms with van der Waals surface area (Å²) in [4.78, 5) is 23.8. The molecular formula is C18H18O5. The zero-order valence-electron chi connectivity index (χ0n) is 13.0. The maximum atomic E-state index is 12.2. The number of hydrogen-bond acceptors (Lipinski definition) is 4. The second kappa shape index (κ2) is 7.45. The van der Waals surface area contributed by atoms with E-state index in [1.54, 1.807) is 37.3 Å². The van der Waals surface area contributed by atoms with Gasteiger partial charge < -0.3 is 14.6 Å². The highest BCUT2D eigenvalue weighted by Gasteiger charge is 2.23. The van der Waals surface area contributed by atoms with E-state index in [-0.39, 0.29) is 17.7 Å². The third kappa shape index (κ3) is 3.51. The molecule has 23 heavy (non-hydrogen) atoms. The number of carbonyl (C=O) groups is 2. The van der Waals surface area contributed by atoms with Crippen LogP contribution in [0, 0.1) is 0 Å². The minimum absolute atomic E-state index is 0.0303. The number of hydrogen-bond donors (Lipinski definition) is 1. The standard InChI is InChI=1S/C18H18O5/c1-3-22-15-11-6-5-8-12(15)16-13(17(19)20)9-7-10-14(16)18(21)23-4-2/h5-11H,3-4H2,1-2H3,(H,19,20). The molecular weight excluding hydrogens is 296 g/mol. The molecule has 0 aliphatic heterocycles. The van der Waals surface area contributed by atoms with E-state index in [9.17, 15) is 14.7 Å². The Labute approximate surface area is 134 Å². The summed E-state index contributed by atoms with van der Waals surface area (Å²) in [5.41, 5.74) is 1.10. The molecule has 5 heteroatoms. The van der Waals surface area contributed by atoms with Gasteiger partial charge >= 0.3 is 11.9 Å². The van der Waals surface area contributed by atoms with Crippen LogP contribution in [0.2, 0.25) is 0 Å². The Kier molecular flexibility index (Phi) is 5.36. The van der Waals surface area contributed by atoms with Gasteiger partial charge in [-0.05, 0) is 32.0 Å². The van der Waals surface area contributed by atoms with Crippen molar-refractivity contribution in [3.8, 4) is 16.9 Å². The van der Waals surface area contributed by atoms with Crippen LogP contribution in [0.3, 0.4) is 0 Å². The summed E-state index contributed by atoms with van der Waals surface area (Å²) in [5, 5.41) is 9.49. The minimum Gasteiger partial charge on any atom is -0.493 e. The van der Waals surface area contributed by atoms with Crippen LogP contribution in [-0.4, -0.2) is 30.3 Å². The molecule has 0 unspecified atom stereocenters. The maximum Gasteiger partial charge on any atom is 0.338 e. The van der Waals surface area contributed by atoms with Gasteiger partial charge in [-0.2, -0.15) is 0 Å². The van der Waals surface area contributed by atoms with Gasteiger partial charge in [0.25, 0.3) is 0 Å². The van der Waals surface area contributed by atoms with Gasteiger partial charge in [-0.25, -0.2) is 9.59 Å². The number of rotatable bonds is 6. The number of carboxylic acids is 1. The van der Waals surface area contributed by atoms with Gasteiger partial charge in [0.15, 0.2) is 0 Å². The van der Waals surface area contributed by atoms with E-state index in [2.05, 4.69) is 0 Å². The van der Waals surface area contributed by atoms with Crippen LogP contribution >= 0.6 is 0 Å². The molecule has 0 saturated heterocycles. The highest BCUT2D eigenvalue weighted by molar-refractivity contribution is 6.06. The third-order valence-corrected chi connectivity index (χ3v) is 3.25. The van der Waals surface area contributed by atoms with E-state index in [0.29, 0.717) is 23.5 Å². The van der Waals surface area contributed by atoms with Crippen LogP contribution < -0.4 is 4.74 Å². The third-order valence-electron chi connectivity index (χ3n) is 3.25. The molecule has 2 rings (SSSR count). The molecule has 1 N–H and O–H groups in total. The Bertz CT molecular complexity index is 721. The number of aromatic carboxylic acids is 1. The quantitative estimate of drug-likeness (QED) is 0.824. The average molecular weight is 314 g/mol. The topological polar surface area (TPSA) is 72.8 Å². The minimum atomic E-state index is -1.11. The van der Waals surface area contributed by atoms with Crippen LogP contribution in [0.15, 0.2) is 42.5 Å². The Balaban J connectivity index is 2.73. The zero-order valence-corrected chi connectivity index (χ0v) is 13.0. The first kappa shape index (κ1) is 16.5. The number of ether oxygens (including phenoxy) is 2. The number of esters is 1. The smallest absolute Gasteiger partial charge is 0.338 e. The number of carbonyl (C=O) groups excluding carboxylic acids is 1. The summed E-state index contributed by atoms with van der Waals surface area (Å²) >= 11 is 0. The summed E-state index contributed by atoms with van der Waals surface area (Å²) in [6.45, 7) is 4.18. The van der Waals surface area contributed by atoms with Crippen LogP contribution in [-0.2, 0) is 4.74 Å². The van der Waals surface area contributed by atoms with Crippen molar-refractivity contribution in [2.45, 2.75) is 13.8 Å². The monoisotopic (exact) mass is 314 g/mol. The molecule has 5 nitrogen and oxygen atoms in total. The van der Waals surface area contributed by atoms with Crippen molar-refractivity contribution in [2.24, 2.45) is 0 Å². The lowest BCUT2D eigenvalue weighted by Gasteiger charge is -2.15. The highest BCUT2D eigenvalue weighted by Crippen LogP contribution is 2.35. The van der Waals surface area contributed by atoms with Crippen LogP contribution in [0.5, 0.6) is 5.75 Å². The second-order valence-electron chi connectivity index (χ2n) is 4.68. The van der Waals surface area contributed by atoms with Gasteiger partial charge in [-0.3, -0.25) is 0 Å². The molecule has 0 spiro atoms. The fourth-order valence-corrected chi connectivity index (χ4v) is 2.35. The molecule has 0 aliphatic rings. The molecule has 2 aromatic carbocycles. The predicted octanol–water partition coefficient (Wildman–Crippen LogP) is 3.63. The summed E-state index contributed by atoms with van der Waals surface area (Å²) in [6, 6.07) is 11.6. The molecule has 0 atom stereocenters. The van der Waals surface area contributed by atoms with Crippen molar-refractivity contribution in [1.82, 2.24) is 0 Å². The summed E-state index contributed by atoms with van der Waals surface area (Å²) in [5.74, 6) is -1.15. The summed E-state index contributed by atoms with van der Waals surface area (Å²) < 4.78 is 10.6. The molecule has 120 valence electrons. The zero-order chi connectivity index (χ0) is 16.8.